The van der Waals surface area contributed by atoms with Crippen molar-refractivity contribution >= 4 is 39.1 Å². The van der Waals surface area contributed by atoms with Gasteiger partial charge < -0.3 is 10.2 Å². The van der Waals surface area contributed by atoms with Gasteiger partial charge in [-0.25, -0.2) is 8.42 Å². The van der Waals surface area contributed by atoms with Gasteiger partial charge in [0.25, 0.3) is 0 Å². The van der Waals surface area contributed by atoms with Gasteiger partial charge in [-0.05, 0) is 51.5 Å². The Balaban J connectivity index is 2.38. The van der Waals surface area contributed by atoms with E-state index >= 15 is 0 Å². The molecule has 2 rings (SSSR count). The fourth-order valence-electron chi connectivity index (χ4n) is 3.12. The highest BCUT2D eigenvalue weighted by molar-refractivity contribution is 7.92. The van der Waals surface area contributed by atoms with Crippen LogP contribution in [0.15, 0.2) is 48.5 Å². The Kier molecular flexibility index (Phi) is 8.69. The molecule has 0 aliphatic heterocycles. The van der Waals surface area contributed by atoms with Crippen LogP contribution in [0.5, 0.6) is 0 Å². The second-order valence-electron chi connectivity index (χ2n) is 8.10. The number of benzene rings is 2. The molecule has 2 amide bonds. The highest BCUT2D eigenvalue weighted by Crippen LogP contribution is 2.22. The maximum atomic E-state index is 13.4. The zero-order chi connectivity index (χ0) is 24.1. The Labute approximate surface area is 195 Å². The van der Waals surface area contributed by atoms with Crippen molar-refractivity contribution < 1.29 is 18.0 Å². The van der Waals surface area contributed by atoms with E-state index in [0.29, 0.717) is 5.02 Å². The van der Waals surface area contributed by atoms with Crippen LogP contribution >= 0.6 is 11.6 Å². The molecule has 32 heavy (non-hydrogen) atoms. The molecule has 0 saturated heterocycles. The Morgan fingerprint density at radius 3 is 2.22 bits per heavy atom. The third kappa shape index (κ3) is 7.24. The Morgan fingerprint density at radius 2 is 1.69 bits per heavy atom. The van der Waals surface area contributed by atoms with Crippen LogP contribution in [0.25, 0.3) is 0 Å². The molecule has 2 aromatic carbocycles. The number of amides is 2. The minimum atomic E-state index is -3.78. The molecule has 0 fully saturated rings. The highest BCUT2D eigenvalue weighted by atomic mass is 35.5. The van der Waals surface area contributed by atoms with Gasteiger partial charge in [0, 0.05) is 17.6 Å². The van der Waals surface area contributed by atoms with E-state index in [0.717, 1.165) is 21.7 Å². The Bertz CT molecular complexity index is 1060. The second kappa shape index (κ2) is 10.8. The molecule has 0 radical (unpaired) electrons. The molecule has 2 aromatic rings. The second-order valence-corrected chi connectivity index (χ2v) is 10.4. The number of hydrogen-bond donors (Lipinski definition) is 1. The van der Waals surface area contributed by atoms with Gasteiger partial charge in [0.05, 0.1) is 11.9 Å². The first-order valence-corrected chi connectivity index (χ1v) is 12.5. The average molecular weight is 480 g/mol. The van der Waals surface area contributed by atoms with Gasteiger partial charge in [-0.2, -0.15) is 0 Å². The van der Waals surface area contributed by atoms with Crippen LogP contribution in [0, 0.1) is 6.92 Å². The van der Waals surface area contributed by atoms with Crippen molar-refractivity contribution in [3.63, 3.8) is 0 Å². The number of sulfonamides is 1. The fraction of sp³-hybridized carbons (Fsp3) is 0.391. The molecule has 0 aliphatic carbocycles. The normalized spacial score (nSPS) is 12.3. The molecule has 0 unspecified atom stereocenters. The summed E-state index contributed by atoms with van der Waals surface area (Å²) in [5, 5.41) is 3.17. The van der Waals surface area contributed by atoms with E-state index in [1.807, 2.05) is 45.0 Å². The lowest BCUT2D eigenvalue weighted by Gasteiger charge is -2.32. The van der Waals surface area contributed by atoms with E-state index in [-0.39, 0.29) is 24.2 Å². The topological polar surface area (TPSA) is 86.8 Å². The summed E-state index contributed by atoms with van der Waals surface area (Å²) in [6.07, 6.45) is 1.03. The summed E-state index contributed by atoms with van der Waals surface area (Å²) in [4.78, 5) is 27.4. The molecular formula is C23H30ClN3O4S. The van der Waals surface area contributed by atoms with Crippen molar-refractivity contribution in [3.8, 4) is 0 Å². The van der Waals surface area contributed by atoms with Crippen molar-refractivity contribution in [2.24, 2.45) is 0 Å². The summed E-state index contributed by atoms with van der Waals surface area (Å²) >= 11 is 6.03. The summed E-state index contributed by atoms with van der Waals surface area (Å²) in [7, 11) is -3.78. The summed E-state index contributed by atoms with van der Waals surface area (Å²) < 4.78 is 26.0. The van der Waals surface area contributed by atoms with E-state index in [9.17, 15) is 18.0 Å². The number of carbonyl (C=O) groups is 2. The Hall–Kier alpha value is -2.58. The molecule has 174 valence electrons. The molecule has 0 bridgehead atoms. The van der Waals surface area contributed by atoms with Crippen LogP contribution < -0.4 is 9.62 Å². The zero-order valence-electron chi connectivity index (χ0n) is 19.0. The third-order valence-corrected chi connectivity index (χ3v) is 6.22. The lowest BCUT2D eigenvalue weighted by molar-refractivity contribution is -0.139. The number of rotatable bonds is 9. The van der Waals surface area contributed by atoms with Gasteiger partial charge in [0.15, 0.2) is 0 Å². The minimum Gasteiger partial charge on any atom is -0.352 e. The van der Waals surface area contributed by atoms with Crippen LogP contribution in [0.1, 0.15) is 31.9 Å². The first-order chi connectivity index (χ1) is 14.9. The monoisotopic (exact) mass is 479 g/mol. The summed E-state index contributed by atoms with van der Waals surface area (Å²) in [6.45, 7) is 6.97. The maximum Gasteiger partial charge on any atom is 0.244 e. The van der Waals surface area contributed by atoms with Gasteiger partial charge in [0.1, 0.15) is 12.6 Å². The van der Waals surface area contributed by atoms with Crippen LogP contribution in [0.4, 0.5) is 5.69 Å². The highest BCUT2D eigenvalue weighted by Gasteiger charge is 2.30. The molecule has 0 heterocycles. The summed E-state index contributed by atoms with van der Waals surface area (Å²) in [5.41, 5.74) is 2.19. The van der Waals surface area contributed by atoms with Crippen LogP contribution in [0.2, 0.25) is 5.02 Å². The average Bonchev–Trinajstić information content (AvgIpc) is 2.69. The van der Waals surface area contributed by atoms with E-state index in [1.54, 1.807) is 25.1 Å². The SMILES string of the molecule is Cc1ccc(CN(C(=O)CN(c2cccc(Cl)c2)S(C)(=O)=O)[C@H](C)C(=O)NC(C)C)cc1. The van der Waals surface area contributed by atoms with Gasteiger partial charge in [-0.1, -0.05) is 47.5 Å². The van der Waals surface area contributed by atoms with E-state index in [4.69, 9.17) is 11.6 Å². The fourth-order valence-corrected chi connectivity index (χ4v) is 4.15. The quantitative estimate of drug-likeness (QED) is 0.597. The van der Waals surface area contributed by atoms with Crippen molar-refractivity contribution in [2.75, 3.05) is 17.1 Å². The van der Waals surface area contributed by atoms with Crippen molar-refractivity contribution in [1.29, 1.82) is 0 Å². The van der Waals surface area contributed by atoms with E-state index < -0.39 is 28.5 Å². The van der Waals surface area contributed by atoms with Crippen LogP contribution in [0.3, 0.4) is 0 Å². The predicted molar refractivity (Wildman–Crippen MR) is 128 cm³/mol. The molecular weight excluding hydrogens is 450 g/mol. The van der Waals surface area contributed by atoms with Gasteiger partial charge in [-0.15, -0.1) is 0 Å². The zero-order valence-corrected chi connectivity index (χ0v) is 20.6. The first-order valence-electron chi connectivity index (χ1n) is 10.3. The van der Waals surface area contributed by atoms with Crippen molar-refractivity contribution in [1.82, 2.24) is 10.2 Å². The molecule has 1 N–H and O–H groups in total. The van der Waals surface area contributed by atoms with Crippen LogP contribution in [-0.2, 0) is 26.2 Å². The largest absolute Gasteiger partial charge is 0.352 e. The number of aryl methyl sites for hydroxylation is 1. The third-order valence-electron chi connectivity index (χ3n) is 4.85. The lowest BCUT2D eigenvalue weighted by Crippen LogP contribution is -2.52. The van der Waals surface area contributed by atoms with Crippen molar-refractivity contribution in [2.45, 2.75) is 46.3 Å². The number of nitrogens with one attached hydrogen (secondary N) is 1. The Morgan fingerprint density at radius 1 is 1.06 bits per heavy atom. The molecule has 0 saturated carbocycles. The van der Waals surface area contributed by atoms with Gasteiger partial charge in [0.2, 0.25) is 21.8 Å². The maximum absolute atomic E-state index is 13.4. The molecule has 9 heteroatoms. The summed E-state index contributed by atoms with van der Waals surface area (Å²) in [5.74, 6) is -0.809. The number of anilines is 1. The number of carbonyl (C=O) groups excluding carboxylic acids is 2. The van der Waals surface area contributed by atoms with E-state index in [2.05, 4.69) is 5.32 Å². The standard InChI is InChI=1S/C23H30ClN3O4S/c1-16(2)25-23(29)18(4)26(14-19-11-9-17(3)10-12-19)22(28)15-27(32(5,30)31)21-8-6-7-20(24)13-21/h6-13,16,18H,14-15H2,1-5H3,(H,25,29)/t18-/m1/s1. The molecule has 1 atom stereocenters. The van der Waals surface area contributed by atoms with Crippen LogP contribution in [-0.4, -0.2) is 50.0 Å². The molecule has 0 spiro atoms. The number of halogens is 1. The smallest absolute Gasteiger partial charge is 0.244 e. The molecule has 7 nitrogen and oxygen atoms in total. The summed E-state index contributed by atoms with van der Waals surface area (Å²) in [6, 6.07) is 13.0. The van der Waals surface area contributed by atoms with Gasteiger partial charge >= 0.3 is 0 Å². The molecule has 0 aromatic heterocycles. The predicted octanol–water partition coefficient (Wildman–Crippen LogP) is 3.36. The minimum absolute atomic E-state index is 0.0970. The lowest BCUT2D eigenvalue weighted by atomic mass is 10.1. The van der Waals surface area contributed by atoms with Gasteiger partial charge in [-0.3, -0.25) is 13.9 Å². The first kappa shape index (κ1) is 25.7. The van der Waals surface area contributed by atoms with Crippen molar-refractivity contribution in [3.05, 3.63) is 64.7 Å². The number of hydrogen-bond acceptors (Lipinski definition) is 4. The van der Waals surface area contributed by atoms with E-state index in [1.165, 1.54) is 11.0 Å². The number of nitrogens with zero attached hydrogens (tertiary/aromatic N) is 2. The molecule has 0 aliphatic rings.